The number of aromatic nitrogens is 2. The third-order valence-corrected chi connectivity index (χ3v) is 6.70. The summed E-state index contributed by atoms with van der Waals surface area (Å²) in [4.78, 5) is 5.54. The highest BCUT2D eigenvalue weighted by Gasteiger charge is 2.34. The average molecular weight is 346 g/mol. The molecule has 4 heterocycles. The zero-order valence-corrected chi connectivity index (χ0v) is 15.8. The predicted molar refractivity (Wildman–Crippen MR) is 102 cm³/mol. The van der Waals surface area contributed by atoms with Crippen molar-refractivity contribution in [3.8, 4) is 0 Å². The first-order valence-corrected chi connectivity index (χ1v) is 10.5. The third kappa shape index (κ3) is 4.26. The summed E-state index contributed by atoms with van der Waals surface area (Å²) in [6.07, 6.45) is 10.7. The van der Waals surface area contributed by atoms with E-state index in [0.29, 0.717) is 6.04 Å². The second-order valence-corrected chi connectivity index (χ2v) is 8.58. The third-order valence-electron chi connectivity index (χ3n) is 6.70. The molecule has 3 fully saturated rings. The van der Waals surface area contributed by atoms with Crippen LogP contribution in [0.4, 0.5) is 0 Å². The van der Waals surface area contributed by atoms with Crippen molar-refractivity contribution >= 4 is 0 Å². The van der Waals surface area contributed by atoms with Gasteiger partial charge in [-0.05, 0) is 63.1 Å². The molecule has 3 unspecified atom stereocenters. The highest BCUT2D eigenvalue weighted by molar-refractivity contribution is 4.91. The molecule has 140 valence electrons. The summed E-state index contributed by atoms with van der Waals surface area (Å²) in [7, 11) is 0. The van der Waals surface area contributed by atoms with E-state index in [-0.39, 0.29) is 0 Å². The second-order valence-electron chi connectivity index (χ2n) is 8.58. The lowest BCUT2D eigenvalue weighted by molar-refractivity contribution is 0.0488. The van der Waals surface area contributed by atoms with Crippen LogP contribution in [-0.4, -0.2) is 71.4 Å². The number of hydrogen-bond donors (Lipinski definition) is 1. The lowest BCUT2D eigenvalue weighted by Crippen LogP contribution is -2.56. The van der Waals surface area contributed by atoms with Crippen LogP contribution in [0.15, 0.2) is 18.5 Å². The van der Waals surface area contributed by atoms with E-state index in [1.54, 1.807) is 0 Å². The van der Waals surface area contributed by atoms with Crippen molar-refractivity contribution in [3.63, 3.8) is 0 Å². The van der Waals surface area contributed by atoms with Crippen molar-refractivity contribution < 1.29 is 0 Å². The maximum atomic E-state index is 4.44. The minimum atomic E-state index is 0.609. The van der Waals surface area contributed by atoms with E-state index in [4.69, 9.17) is 0 Å². The summed E-state index contributed by atoms with van der Waals surface area (Å²) in [6.45, 7) is 11.2. The van der Waals surface area contributed by atoms with Crippen LogP contribution in [0.3, 0.4) is 0 Å². The van der Waals surface area contributed by atoms with E-state index in [1.165, 1.54) is 77.9 Å². The van der Waals surface area contributed by atoms with Gasteiger partial charge in [0.15, 0.2) is 0 Å². The molecule has 0 aliphatic carbocycles. The van der Waals surface area contributed by atoms with Crippen LogP contribution in [0.2, 0.25) is 0 Å². The Morgan fingerprint density at radius 3 is 2.76 bits per heavy atom. The van der Waals surface area contributed by atoms with Gasteiger partial charge in [0.05, 0.1) is 6.04 Å². The van der Waals surface area contributed by atoms with E-state index < -0.39 is 0 Å². The topological polar surface area (TPSA) is 36.3 Å². The molecule has 4 rings (SSSR count). The number of nitrogens with zero attached hydrogens (tertiary/aromatic N) is 4. The molecule has 0 saturated carbocycles. The Bertz CT molecular complexity index is 508. The number of rotatable bonds is 4. The second kappa shape index (κ2) is 8.19. The van der Waals surface area contributed by atoms with Gasteiger partial charge in [-0.2, -0.15) is 5.10 Å². The van der Waals surface area contributed by atoms with E-state index in [1.807, 2.05) is 12.3 Å². The predicted octanol–water partition coefficient (Wildman–Crippen LogP) is 2.23. The van der Waals surface area contributed by atoms with Gasteiger partial charge < -0.3 is 10.2 Å². The molecule has 5 heteroatoms. The van der Waals surface area contributed by atoms with Gasteiger partial charge in [-0.15, -0.1) is 0 Å². The summed E-state index contributed by atoms with van der Waals surface area (Å²) in [5.41, 5.74) is 0. The van der Waals surface area contributed by atoms with E-state index in [9.17, 15) is 0 Å². The Labute approximate surface area is 152 Å². The number of hydrogen-bond acceptors (Lipinski definition) is 4. The molecule has 1 aromatic heterocycles. The van der Waals surface area contributed by atoms with Crippen molar-refractivity contribution in [1.29, 1.82) is 0 Å². The van der Waals surface area contributed by atoms with Gasteiger partial charge >= 0.3 is 0 Å². The van der Waals surface area contributed by atoms with Gasteiger partial charge in [0, 0.05) is 51.2 Å². The van der Waals surface area contributed by atoms with Crippen LogP contribution in [0, 0.1) is 11.8 Å². The molecular weight excluding hydrogens is 310 g/mol. The fraction of sp³-hybridized carbons (Fsp3) is 0.850. The van der Waals surface area contributed by atoms with Crippen LogP contribution >= 0.6 is 0 Å². The van der Waals surface area contributed by atoms with Gasteiger partial charge in [0.2, 0.25) is 0 Å². The van der Waals surface area contributed by atoms with Gasteiger partial charge in [0.25, 0.3) is 0 Å². The molecule has 0 radical (unpaired) electrons. The summed E-state index contributed by atoms with van der Waals surface area (Å²) >= 11 is 0. The number of nitrogens with one attached hydrogen (secondary N) is 1. The van der Waals surface area contributed by atoms with E-state index in [2.05, 4.69) is 38.0 Å². The summed E-state index contributed by atoms with van der Waals surface area (Å²) in [5.74, 6) is 1.72. The first-order valence-electron chi connectivity index (χ1n) is 10.5. The van der Waals surface area contributed by atoms with Crippen LogP contribution in [0.5, 0.6) is 0 Å². The number of piperidine rings is 3. The van der Waals surface area contributed by atoms with Crippen molar-refractivity contribution in [1.82, 2.24) is 24.9 Å². The normalized spacial score (nSPS) is 33.6. The summed E-state index contributed by atoms with van der Waals surface area (Å²) in [6, 6.07) is 3.41. The molecule has 0 bridgehead atoms. The Morgan fingerprint density at radius 2 is 2.00 bits per heavy atom. The highest BCUT2D eigenvalue weighted by Crippen LogP contribution is 2.27. The summed E-state index contributed by atoms with van der Waals surface area (Å²) in [5, 5.41) is 8.11. The quantitative estimate of drug-likeness (QED) is 0.908. The maximum absolute atomic E-state index is 4.44. The van der Waals surface area contributed by atoms with Gasteiger partial charge in [-0.1, -0.05) is 6.92 Å². The molecule has 0 aromatic carbocycles. The minimum Gasteiger partial charge on any atom is -0.315 e. The van der Waals surface area contributed by atoms with Crippen molar-refractivity contribution in [2.24, 2.45) is 11.8 Å². The Morgan fingerprint density at radius 1 is 1.12 bits per heavy atom. The SMILES string of the molecule is CC1CCCN(C2CNCCC2CN2CCC(n3cccn3)CC2)C1. The Balaban J connectivity index is 1.31. The smallest absolute Gasteiger partial charge is 0.0543 e. The first-order chi connectivity index (χ1) is 12.3. The largest absolute Gasteiger partial charge is 0.315 e. The zero-order chi connectivity index (χ0) is 17.1. The highest BCUT2D eigenvalue weighted by atomic mass is 15.3. The van der Waals surface area contributed by atoms with E-state index >= 15 is 0 Å². The molecular formula is C20H35N5. The molecule has 3 atom stereocenters. The van der Waals surface area contributed by atoms with Crippen LogP contribution in [0.25, 0.3) is 0 Å². The molecule has 5 nitrogen and oxygen atoms in total. The summed E-state index contributed by atoms with van der Waals surface area (Å²) < 4.78 is 2.17. The molecule has 0 spiro atoms. The first kappa shape index (κ1) is 17.5. The Kier molecular flexibility index (Phi) is 5.73. The monoisotopic (exact) mass is 345 g/mol. The zero-order valence-electron chi connectivity index (χ0n) is 15.8. The van der Waals surface area contributed by atoms with Crippen molar-refractivity contribution in [2.75, 3.05) is 45.8 Å². The van der Waals surface area contributed by atoms with Crippen LogP contribution in [0.1, 0.15) is 45.1 Å². The molecule has 3 aliphatic heterocycles. The molecule has 3 saturated heterocycles. The van der Waals surface area contributed by atoms with Gasteiger partial charge in [-0.25, -0.2) is 0 Å². The van der Waals surface area contributed by atoms with Crippen molar-refractivity contribution in [3.05, 3.63) is 18.5 Å². The van der Waals surface area contributed by atoms with Gasteiger partial charge in [0.1, 0.15) is 0 Å². The van der Waals surface area contributed by atoms with Crippen LogP contribution < -0.4 is 5.32 Å². The molecule has 1 N–H and O–H groups in total. The Hall–Kier alpha value is -0.910. The van der Waals surface area contributed by atoms with Gasteiger partial charge in [-0.3, -0.25) is 9.58 Å². The maximum Gasteiger partial charge on any atom is 0.0543 e. The lowest BCUT2D eigenvalue weighted by atomic mass is 9.87. The van der Waals surface area contributed by atoms with Crippen molar-refractivity contribution in [2.45, 2.75) is 51.1 Å². The average Bonchev–Trinajstić information content (AvgIpc) is 3.18. The van der Waals surface area contributed by atoms with Crippen LogP contribution in [-0.2, 0) is 0 Å². The fourth-order valence-electron chi connectivity index (χ4n) is 5.26. The molecule has 0 amide bonds. The molecule has 3 aliphatic rings. The number of likely N-dealkylation sites (tertiary alicyclic amines) is 2. The molecule has 1 aromatic rings. The standard InChI is InChI=1S/C20H35N5/c1-17-4-2-10-24(15-17)20-14-21-9-5-18(20)16-23-12-6-19(7-13-23)25-11-3-8-22-25/h3,8,11,17-21H,2,4-7,9-10,12-16H2,1H3. The fourth-order valence-corrected chi connectivity index (χ4v) is 5.26. The van der Waals surface area contributed by atoms with E-state index in [0.717, 1.165) is 17.9 Å². The lowest BCUT2D eigenvalue weighted by Gasteiger charge is -2.45. The minimum absolute atomic E-state index is 0.609. The molecule has 25 heavy (non-hydrogen) atoms.